The van der Waals surface area contributed by atoms with Crippen LogP contribution in [0.2, 0.25) is 5.02 Å². The number of ether oxygens (including phenoxy) is 1. The van der Waals surface area contributed by atoms with Crippen molar-refractivity contribution in [3.63, 3.8) is 0 Å². The summed E-state index contributed by atoms with van der Waals surface area (Å²) in [6, 6.07) is 8.20. The lowest BCUT2D eigenvalue weighted by molar-refractivity contribution is 0.0916. The van der Waals surface area contributed by atoms with E-state index in [0.717, 1.165) is 4.57 Å². The largest absolute Gasteiger partial charge is 0.494 e. The van der Waals surface area contributed by atoms with Gasteiger partial charge in [0.25, 0.3) is 5.56 Å². The molecule has 0 bridgehead atoms. The number of nitrogens with zero attached hydrogens (tertiary/aromatic N) is 2. The van der Waals surface area contributed by atoms with Gasteiger partial charge in [-0.05, 0) is 36.8 Å². The molecule has 128 valence electrons. The zero-order valence-corrected chi connectivity index (χ0v) is 14.2. The van der Waals surface area contributed by atoms with E-state index in [1.165, 1.54) is 13.0 Å². The van der Waals surface area contributed by atoms with E-state index in [4.69, 9.17) is 16.3 Å². The van der Waals surface area contributed by atoms with Crippen LogP contribution in [0, 0.1) is 18.3 Å². The van der Waals surface area contributed by atoms with Gasteiger partial charge >= 0.3 is 0 Å². The summed E-state index contributed by atoms with van der Waals surface area (Å²) in [4.78, 5) is 24.7. The molecule has 0 aliphatic carbocycles. The molecule has 0 atom stereocenters. The van der Waals surface area contributed by atoms with Gasteiger partial charge in [-0.15, -0.1) is 6.58 Å². The molecule has 6 nitrogen and oxygen atoms in total. The molecule has 7 heteroatoms. The first-order valence-electron chi connectivity index (χ1n) is 7.29. The summed E-state index contributed by atoms with van der Waals surface area (Å²) < 4.78 is 6.31. The molecule has 1 N–H and O–H groups in total. The Labute approximate surface area is 149 Å². The highest BCUT2D eigenvalue weighted by atomic mass is 35.5. The Morgan fingerprint density at radius 3 is 2.64 bits per heavy atom. The maximum Gasteiger partial charge on any atom is 0.271 e. The average Bonchev–Trinajstić information content (AvgIpc) is 2.58. The van der Waals surface area contributed by atoms with Gasteiger partial charge in [-0.1, -0.05) is 17.7 Å². The molecule has 25 heavy (non-hydrogen) atoms. The second-order valence-electron chi connectivity index (χ2n) is 5.18. The highest BCUT2D eigenvalue weighted by Crippen LogP contribution is 2.23. The molecule has 0 radical (unpaired) electrons. The molecule has 0 spiro atoms. The third kappa shape index (κ3) is 3.73. The Morgan fingerprint density at radius 1 is 1.44 bits per heavy atom. The fourth-order valence-electron chi connectivity index (χ4n) is 2.34. The summed E-state index contributed by atoms with van der Waals surface area (Å²) in [5, 5.41) is 20.0. The van der Waals surface area contributed by atoms with Crippen LogP contribution in [0.3, 0.4) is 0 Å². The number of pyridine rings is 1. The number of benzene rings is 1. The highest BCUT2D eigenvalue weighted by Gasteiger charge is 2.23. The number of aromatic hydroxyl groups is 1. The van der Waals surface area contributed by atoms with Gasteiger partial charge in [0, 0.05) is 11.6 Å². The lowest BCUT2D eigenvalue weighted by atomic mass is 10.0. The van der Waals surface area contributed by atoms with Crippen LogP contribution in [0.1, 0.15) is 21.5 Å². The van der Waals surface area contributed by atoms with Crippen LogP contribution in [0.15, 0.2) is 41.7 Å². The summed E-state index contributed by atoms with van der Waals surface area (Å²) in [7, 11) is 0. The van der Waals surface area contributed by atoms with Crippen molar-refractivity contribution >= 4 is 17.4 Å². The molecule has 0 unspecified atom stereocenters. The lowest BCUT2D eigenvalue weighted by Crippen LogP contribution is -2.27. The van der Waals surface area contributed by atoms with Gasteiger partial charge < -0.3 is 9.84 Å². The third-order valence-electron chi connectivity index (χ3n) is 3.57. The topological polar surface area (TPSA) is 92.3 Å². The number of hydrogen-bond donors (Lipinski definition) is 1. The summed E-state index contributed by atoms with van der Waals surface area (Å²) in [6.07, 6.45) is 1.38. The maximum atomic E-state index is 12.5. The van der Waals surface area contributed by atoms with Crippen molar-refractivity contribution in [2.75, 3.05) is 6.61 Å². The zero-order valence-electron chi connectivity index (χ0n) is 13.5. The van der Waals surface area contributed by atoms with Crippen molar-refractivity contribution in [2.45, 2.75) is 13.5 Å². The van der Waals surface area contributed by atoms with Crippen LogP contribution in [0.25, 0.3) is 0 Å². The Kier molecular flexibility index (Phi) is 5.63. The van der Waals surface area contributed by atoms with E-state index in [0.29, 0.717) is 10.8 Å². The van der Waals surface area contributed by atoms with Crippen LogP contribution in [0.5, 0.6) is 11.6 Å². The fourth-order valence-corrected chi connectivity index (χ4v) is 2.46. The van der Waals surface area contributed by atoms with Crippen molar-refractivity contribution in [2.24, 2.45) is 0 Å². The molecule has 0 fully saturated rings. The molecule has 1 aromatic carbocycles. The minimum atomic E-state index is -0.674. The van der Waals surface area contributed by atoms with Gasteiger partial charge in [-0.25, -0.2) is 0 Å². The van der Waals surface area contributed by atoms with Gasteiger partial charge in [0.1, 0.15) is 17.4 Å². The monoisotopic (exact) mass is 358 g/mol. The van der Waals surface area contributed by atoms with Gasteiger partial charge in [-0.3, -0.25) is 14.2 Å². The first-order chi connectivity index (χ1) is 11.9. The molecule has 0 aliphatic rings. The quantitative estimate of drug-likeness (QED) is 0.633. The standard InChI is InChI=1S/C18H15ClN2O4/c1-3-8-21-17(23)14(9-20)11(2)16(18(21)24)15(22)10-25-13-6-4-12(19)5-7-13/h3-7,24H,1,8,10H2,2H3. The second-order valence-corrected chi connectivity index (χ2v) is 5.62. The first-order valence-corrected chi connectivity index (χ1v) is 7.67. The van der Waals surface area contributed by atoms with E-state index in [-0.39, 0.29) is 29.8 Å². The summed E-state index contributed by atoms with van der Waals surface area (Å²) in [5.74, 6) is -0.639. The number of carbonyl (C=O) groups is 1. The number of Topliss-reactive ketones (excluding diaryl/α,β-unsaturated/α-hetero) is 1. The normalized spacial score (nSPS) is 10.1. The van der Waals surface area contributed by atoms with Gasteiger partial charge in [0.2, 0.25) is 11.7 Å². The van der Waals surface area contributed by atoms with Gasteiger partial charge in [0.05, 0.1) is 5.56 Å². The molecule has 0 aliphatic heterocycles. The second kappa shape index (κ2) is 7.69. The molecule has 2 rings (SSSR count). The average molecular weight is 359 g/mol. The van der Waals surface area contributed by atoms with E-state index in [1.807, 2.05) is 0 Å². The van der Waals surface area contributed by atoms with Crippen LogP contribution in [-0.4, -0.2) is 22.1 Å². The van der Waals surface area contributed by atoms with Crippen molar-refractivity contribution in [3.05, 3.63) is 69.0 Å². The van der Waals surface area contributed by atoms with E-state index in [1.54, 1.807) is 30.3 Å². The molecule has 1 heterocycles. The van der Waals surface area contributed by atoms with E-state index >= 15 is 0 Å². The van der Waals surface area contributed by atoms with E-state index in [9.17, 15) is 20.0 Å². The molecule has 2 aromatic rings. The van der Waals surface area contributed by atoms with Gasteiger partial charge in [0.15, 0.2) is 6.61 Å². The maximum absolute atomic E-state index is 12.5. The molecule has 0 saturated heterocycles. The SMILES string of the molecule is C=CCn1c(O)c(C(=O)COc2ccc(Cl)cc2)c(C)c(C#N)c1=O. The Balaban J connectivity index is 2.40. The molecular formula is C18H15ClN2O4. The Hall–Kier alpha value is -3.04. The predicted octanol–water partition coefficient (Wildman–Crippen LogP) is 2.84. The van der Waals surface area contributed by atoms with Crippen molar-refractivity contribution in [3.8, 4) is 17.7 Å². The summed E-state index contributed by atoms with van der Waals surface area (Å²) in [5.41, 5.74) is -0.871. The Morgan fingerprint density at radius 2 is 2.08 bits per heavy atom. The van der Waals surface area contributed by atoms with Crippen LogP contribution in [-0.2, 0) is 6.54 Å². The molecular weight excluding hydrogens is 344 g/mol. The smallest absolute Gasteiger partial charge is 0.271 e. The molecule has 0 saturated carbocycles. The van der Waals surface area contributed by atoms with Crippen LogP contribution >= 0.6 is 11.6 Å². The molecule has 1 aromatic heterocycles. The Bertz CT molecular complexity index is 924. The third-order valence-corrected chi connectivity index (χ3v) is 3.83. The van der Waals surface area contributed by atoms with Gasteiger partial charge in [-0.2, -0.15) is 5.26 Å². The number of rotatable bonds is 6. The minimum Gasteiger partial charge on any atom is -0.494 e. The summed E-state index contributed by atoms with van der Waals surface area (Å²) in [6.45, 7) is 4.54. The number of nitriles is 1. The number of allylic oxidation sites excluding steroid dienone is 1. The van der Waals surface area contributed by atoms with Crippen molar-refractivity contribution in [1.29, 1.82) is 5.26 Å². The van der Waals surface area contributed by atoms with Crippen LogP contribution < -0.4 is 10.3 Å². The zero-order chi connectivity index (χ0) is 18.6. The number of aromatic nitrogens is 1. The predicted molar refractivity (Wildman–Crippen MR) is 93.3 cm³/mol. The fraction of sp³-hybridized carbons (Fsp3) is 0.167. The van der Waals surface area contributed by atoms with Crippen molar-refractivity contribution in [1.82, 2.24) is 4.57 Å². The number of ketones is 1. The molecule has 0 amide bonds. The first kappa shape index (κ1) is 18.3. The number of halogens is 1. The summed E-state index contributed by atoms with van der Waals surface area (Å²) >= 11 is 5.78. The minimum absolute atomic E-state index is 0.0298. The highest BCUT2D eigenvalue weighted by molar-refractivity contribution is 6.30. The lowest BCUT2D eigenvalue weighted by Gasteiger charge is -2.14. The van der Waals surface area contributed by atoms with E-state index in [2.05, 4.69) is 6.58 Å². The van der Waals surface area contributed by atoms with Crippen molar-refractivity contribution < 1.29 is 14.6 Å². The number of carbonyl (C=O) groups excluding carboxylic acids is 1. The van der Waals surface area contributed by atoms with E-state index < -0.39 is 17.2 Å². The van der Waals surface area contributed by atoms with Crippen LogP contribution in [0.4, 0.5) is 0 Å². The number of hydrogen-bond acceptors (Lipinski definition) is 5.